The predicted octanol–water partition coefficient (Wildman–Crippen LogP) is 2.60. The third-order valence-corrected chi connectivity index (χ3v) is 3.94. The summed E-state index contributed by atoms with van der Waals surface area (Å²) in [5, 5.41) is 7.49. The molecule has 2 aromatic rings. The Morgan fingerprint density at radius 3 is 3.10 bits per heavy atom. The highest BCUT2D eigenvalue weighted by Gasteiger charge is 2.22. The van der Waals surface area contributed by atoms with Crippen molar-refractivity contribution in [2.24, 2.45) is 5.92 Å². The Kier molecular flexibility index (Phi) is 3.74. The number of hydrogen-bond acceptors (Lipinski definition) is 2. The van der Waals surface area contributed by atoms with E-state index in [1.807, 2.05) is 6.07 Å². The van der Waals surface area contributed by atoms with E-state index in [-0.39, 0.29) is 11.8 Å². The van der Waals surface area contributed by atoms with Crippen LogP contribution in [-0.4, -0.2) is 23.6 Å². The minimum Gasteiger partial charge on any atom is -0.347 e. The summed E-state index contributed by atoms with van der Waals surface area (Å²) >= 11 is 0. The summed E-state index contributed by atoms with van der Waals surface area (Å²) in [5.74, 6) is 0.232. The van der Waals surface area contributed by atoms with Crippen LogP contribution in [0.4, 0.5) is 5.69 Å². The van der Waals surface area contributed by atoms with Crippen LogP contribution in [0.5, 0.6) is 0 Å². The lowest BCUT2D eigenvalue weighted by atomic mass is 10.1. The Hall–Kier alpha value is -1.81. The average Bonchev–Trinajstić information content (AvgIpc) is 3.09. The average molecular weight is 271 g/mol. The number of carbonyl (C=O) groups is 1. The van der Waals surface area contributed by atoms with Crippen LogP contribution in [0.15, 0.2) is 30.5 Å². The van der Waals surface area contributed by atoms with E-state index in [2.05, 4.69) is 46.5 Å². The molecular formula is C16H21N3O. The van der Waals surface area contributed by atoms with Gasteiger partial charge in [-0.1, -0.05) is 13.0 Å². The smallest absolute Gasteiger partial charge is 0.228 e. The number of nitrogens with one attached hydrogen (secondary N) is 2. The van der Waals surface area contributed by atoms with Crippen LogP contribution < -0.4 is 10.6 Å². The van der Waals surface area contributed by atoms with Crippen LogP contribution in [0, 0.1) is 5.92 Å². The number of carbonyl (C=O) groups excluding carboxylic acids is 1. The van der Waals surface area contributed by atoms with Gasteiger partial charge in [-0.25, -0.2) is 0 Å². The minimum absolute atomic E-state index is 0.105. The monoisotopic (exact) mass is 271 g/mol. The van der Waals surface area contributed by atoms with Crippen molar-refractivity contribution >= 4 is 22.5 Å². The molecular weight excluding hydrogens is 250 g/mol. The van der Waals surface area contributed by atoms with Crippen molar-refractivity contribution in [2.45, 2.75) is 26.3 Å². The SMILES string of the molecule is CCCn1ccc2ccc(NC(=O)C3CCNC3)cc21. The highest BCUT2D eigenvalue weighted by molar-refractivity contribution is 5.95. The van der Waals surface area contributed by atoms with Crippen molar-refractivity contribution in [3.05, 3.63) is 30.5 Å². The van der Waals surface area contributed by atoms with Crippen molar-refractivity contribution in [3.63, 3.8) is 0 Å². The summed E-state index contributed by atoms with van der Waals surface area (Å²) in [5.41, 5.74) is 2.08. The molecule has 0 aliphatic carbocycles. The van der Waals surface area contributed by atoms with E-state index in [0.717, 1.165) is 38.2 Å². The molecule has 20 heavy (non-hydrogen) atoms. The molecule has 4 heteroatoms. The number of benzene rings is 1. The Morgan fingerprint density at radius 1 is 1.45 bits per heavy atom. The summed E-state index contributed by atoms with van der Waals surface area (Å²) in [6.07, 6.45) is 4.15. The largest absolute Gasteiger partial charge is 0.347 e. The maximum Gasteiger partial charge on any atom is 0.228 e. The second-order valence-electron chi connectivity index (χ2n) is 5.46. The lowest BCUT2D eigenvalue weighted by Gasteiger charge is -2.11. The van der Waals surface area contributed by atoms with E-state index >= 15 is 0 Å². The molecule has 1 amide bonds. The molecule has 1 atom stereocenters. The summed E-state index contributed by atoms with van der Waals surface area (Å²) in [6.45, 7) is 4.91. The molecule has 1 saturated heterocycles. The van der Waals surface area contributed by atoms with Gasteiger partial charge in [0.05, 0.1) is 11.4 Å². The van der Waals surface area contributed by atoms with Gasteiger partial charge in [-0.15, -0.1) is 0 Å². The number of amides is 1. The molecule has 1 fully saturated rings. The number of aryl methyl sites for hydroxylation is 1. The Labute approximate surface area is 119 Å². The molecule has 2 N–H and O–H groups in total. The highest BCUT2D eigenvalue weighted by Crippen LogP contribution is 2.22. The number of nitrogens with zero attached hydrogens (tertiary/aromatic N) is 1. The molecule has 0 bridgehead atoms. The Bertz CT molecular complexity index is 611. The first-order valence-electron chi connectivity index (χ1n) is 7.38. The zero-order valence-corrected chi connectivity index (χ0v) is 11.9. The molecule has 106 valence electrons. The van der Waals surface area contributed by atoms with Gasteiger partial charge in [-0.2, -0.15) is 0 Å². The molecule has 1 unspecified atom stereocenters. The number of rotatable bonds is 4. The Balaban J connectivity index is 1.80. The van der Waals surface area contributed by atoms with Gasteiger partial charge in [0.25, 0.3) is 0 Å². The lowest BCUT2D eigenvalue weighted by molar-refractivity contribution is -0.119. The molecule has 3 rings (SSSR count). The fourth-order valence-electron chi connectivity index (χ4n) is 2.82. The second-order valence-corrected chi connectivity index (χ2v) is 5.46. The third-order valence-electron chi connectivity index (χ3n) is 3.94. The van der Waals surface area contributed by atoms with E-state index < -0.39 is 0 Å². The van der Waals surface area contributed by atoms with Crippen molar-refractivity contribution in [1.29, 1.82) is 0 Å². The molecule has 1 aliphatic heterocycles. The first kappa shape index (κ1) is 13.2. The minimum atomic E-state index is 0.105. The maximum absolute atomic E-state index is 12.1. The standard InChI is InChI=1S/C16H21N3O/c1-2-8-19-9-6-12-3-4-14(10-15(12)19)18-16(20)13-5-7-17-11-13/h3-4,6,9-10,13,17H,2,5,7-8,11H2,1H3,(H,18,20). The summed E-state index contributed by atoms with van der Waals surface area (Å²) in [4.78, 5) is 12.1. The number of hydrogen-bond donors (Lipinski definition) is 2. The highest BCUT2D eigenvalue weighted by atomic mass is 16.1. The van der Waals surface area contributed by atoms with Crippen molar-refractivity contribution < 1.29 is 4.79 Å². The lowest BCUT2D eigenvalue weighted by Crippen LogP contribution is -2.24. The fourth-order valence-corrected chi connectivity index (χ4v) is 2.82. The third kappa shape index (κ3) is 2.56. The van der Waals surface area contributed by atoms with E-state index in [1.54, 1.807) is 0 Å². The number of aromatic nitrogens is 1. The summed E-state index contributed by atoms with van der Waals surface area (Å²) < 4.78 is 2.24. The van der Waals surface area contributed by atoms with Crippen molar-refractivity contribution in [3.8, 4) is 0 Å². The molecule has 1 aliphatic rings. The van der Waals surface area contributed by atoms with Gasteiger partial charge in [0.2, 0.25) is 5.91 Å². The van der Waals surface area contributed by atoms with Crippen LogP contribution in [0.1, 0.15) is 19.8 Å². The van der Waals surface area contributed by atoms with Gasteiger partial charge in [0.15, 0.2) is 0 Å². The molecule has 0 saturated carbocycles. The van der Waals surface area contributed by atoms with Crippen LogP contribution in [-0.2, 0) is 11.3 Å². The van der Waals surface area contributed by atoms with E-state index in [0.29, 0.717) is 0 Å². The van der Waals surface area contributed by atoms with Gasteiger partial charge in [0, 0.05) is 25.0 Å². The van der Waals surface area contributed by atoms with E-state index in [1.165, 1.54) is 10.9 Å². The van der Waals surface area contributed by atoms with Crippen molar-refractivity contribution in [1.82, 2.24) is 9.88 Å². The number of fused-ring (bicyclic) bond motifs is 1. The zero-order chi connectivity index (χ0) is 13.9. The Morgan fingerprint density at radius 2 is 2.35 bits per heavy atom. The molecule has 2 heterocycles. The first-order chi connectivity index (χ1) is 9.78. The van der Waals surface area contributed by atoms with Gasteiger partial charge in [-0.05, 0) is 43.0 Å². The first-order valence-corrected chi connectivity index (χ1v) is 7.38. The predicted molar refractivity (Wildman–Crippen MR) is 81.8 cm³/mol. The van der Waals surface area contributed by atoms with E-state index in [9.17, 15) is 4.79 Å². The molecule has 0 radical (unpaired) electrons. The van der Waals surface area contributed by atoms with Crippen LogP contribution in [0.3, 0.4) is 0 Å². The second kappa shape index (κ2) is 5.67. The normalized spacial score (nSPS) is 18.6. The quantitative estimate of drug-likeness (QED) is 0.898. The van der Waals surface area contributed by atoms with Crippen LogP contribution in [0.2, 0.25) is 0 Å². The molecule has 1 aromatic heterocycles. The molecule has 4 nitrogen and oxygen atoms in total. The summed E-state index contributed by atoms with van der Waals surface area (Å²) in [6, 6.07) is 8.26. The van der Waals surface area contributed by atoms with Crippen LogP contribution >= 0.6 is 0 Å². The van der Waals surface area contributed by atoms with Gasteiger partial charge in [0.1, 0.15) is 0 Å². The van der Waals surface area contributed by atoms with Crippen LogP contribution in [0.25, 0.3) is 10.9 Å². The molecule has 0 spiro atoms. The summed E-state index contributed by atoms with van der Waals surface area (Å²) in [7, 11) is 0. The van der Waals surface area contributed by atoms with Crippen molar-refractivity contribution in [2.75, 3.05) is 18.4 Å². The van der Waals surface area contributed by atoms with Gasteiger partial charge in [-0.3, -0.25) is 4.79 Å². The maximum atomic E-state index is 12.1. The topological polar surface area (TPSA) is 46.1 Å². The zero-order valence-electron chi connectivity index (χ0n) is 11.9. The number of anilines is 1. The molecule has 1 aromatic carbocycles. The van der Waals surface area contributed by atoms with Gasteiger partial charge < -0.3 is 15.2 Å². The van der Waals surface area contributed by atoms with E-state index in [4.69, 9.17) is 0 Å². The van der Waals surface area contributed by atoms with Gasteiger partial charge >= 0.3 is 0 Å². The fraction of sp³-hybridized carbons (Fsp3) is 0.438.